The fourth-order valence-corrected chi connectivity index (χ4v) is 2.90. The van der Waals surface area contributed by atoms with Crippen LogP contribution in [-0.2, 0) is 16.0 Å². The van der Waals surface area contributed by atoms with Gasteiger partial charge in [-0.05, 0) is 36.6 Å². The van der Waals surface area contributed by atoms with Crippen molar-refractivity contribution in [3.63, 3.8) is 0 Å². The minimum Gasteiger partial charge on any atom is -0.435 e. The summed E-state index contributed by atoms with van der Waals surface area (Å²) in [6.07, 6.45) is 3.11. The molecular formula is C22H26F2N2O3. The van der Waals surface area contributed by atoms with Gasteiger partial charge in [0, 0.05) is 37.6 Å². The molecule has 0 saturated heterocycles. The third-order valence-electron chi connectivity index (χ3n) is 4.25. The van der Waals surface area contributed by atoms with Crippen molar-refractivity contribution in [1.29, 1.82) is 0 Å². The van der Waals surface area contributed by atoms with E-state index < -0.39 is 6.61 Å². The minimum absolute atomic E-state index is 0.0617. The van der Waals surface area contributed by atoms with Gasteiger partial charge in [-0.3, -0.25) is 9.59 Å². The van der Waals surface area contributed by atoms with E-state index in [-0.39, 0.29) is 17.6 Å². The summed E-state index contributed by atoms with van der Waals surface area (Å²) >= 11 is 0. The second-order valence-corrected chi connectivity index (χ2v) is 6.71. The molecule has 0 radical (unpaired) electrons. The van der Waals surface area contributed by atoms with E-state index in [4.69, 9.17) is 0 Å². The molecule has 0 fully saturated rings. The van der Waals surface area contributed by atoms with E-state index in [1.54, 1.807) is 12.1 Å². The highest BCUT2D eigenvalue weighted by Gasteiger charge is 2.12. The molecule has 2 rings (SSSR count). The highest BCUT2D eigenvalue weighted by Crippen LogP contribution is 2.27. The Labute approximate surface area is 169 Å². The maximum atomic E-state index is 12.7. The summed E-state index contributed by atoms with van der Waals surface area (Å²) in [4.78, 5) is 22.9. The van der Waals surface area contributed by atoms with Crippen molar-refractivity contribution in [1.82, 2.24) is 5.32 Å². The first-order valence-electron chi connectivity index (χ1n) is 9.60. The molecule has 0 saturated carbocycles. The van der Waals surface area contributed by atoms with Gasteiger partial charge in [0.15, 0.2) is 0 Å². The Morgan fingerprint density at radius 2 is 1.79 bits per heavy atom. The van der Waals surface area contributed by atoms with E-state index in [1.165, 1.54) is 13.0 Å². The maximum absolute atomic E-state index is 12.7. The highest BCUT2D eigenvalue weighted by molar-refractivity contribution is 5.90. The SMILES string of the molecule is CC(=O)NCCCCCC(=O)Nc1ccc(OC(F)F)c(Cc2ccccc2)c1. The van der Waals surface area contributed by atoms with Crippen LogP contribution in [0.5, 0.6) is 5.75 Å². The highest BCUT2D eigenvalue weighted by atomic mass is 19.3. The lowest BCUT2D eigenvalue weighted by atomic mass is 10.0. The molecule has 0 atom stereocenters. The Bertz CT molecular complexity index is 798. The van der Waals surface area contributed by atoms with E-state index in [0.717, 1.165) is 18.4 Å². The van der Waals surface area contributed by atoms with Crippen LogP contribution in [-0.4, -0.2) is 25.0 Å². The first-order valence-corrected chi connectivity index (χ1v) is 9.60. The van der Waals surface area contributed by atoms with Crippen molar-refractivity contribution in [2.24, 2.45) is 0 Å². The molecule has 0 aromatic heterocycles. The number of hydrogen-bond acceptors (Lipinski definition) is 3. The van der Waals surface area contributed by atoms with Crippen molar-refractivity contribution >= 4 is 17.5 Å². The molecule has 0 unspecified atom stereocenters. The molecule has 0 spiro atoms. The molecule has 0 aliphatic rings. The number of anilines is 1. The van der Waals surface area contributed by atoms with Crippen LogP contribution in [0.25, 0.3) is 0 Å². The Morgan fingerprint density at radius 3 is 2.48 bits per heavy atom. The van der Waals surface area contributed by atoms with Crippen molar-refractivity contribution in [2.75, 3.05) is 11.9 Å². The topological polar surface area (TPSA) is 67.4 Å². The third-order valence-corrected chi connectivity index (χ3v) is 4.25. The molecular weight excluding hydrogens is 378 g/mol. The van der Waals surface area contributed by atoms with Crippen LogP contribution in [0.2, 0.25) is 0 Å². The number of alkyl halides is 2. The molecule has 0 bridgehead atoms. The summed E-state index contributed by atoms with van der Waals surface area (Å²) < 4.78 is 30.0. The molecule has 2 amide bonds. The summed E-state index contributed by atoms with van der Waals surface area (Å²) in [6, 6.07) is 14.1. The van der Waals surface area contributed by atoms with Crippen LogP contribution in [0.3, 0.4) is 0 Å². The minimum atomic E-state index is -2.91. The van der Waals surface area contributed by atoms with E-state index in [2.05, 4.69) is 15.4 Å². The fourth-order valence-electron chi connectivity index (χ4n) is 2.90. The monoisotopic (exact) mass is 404 g/mol. The number of benzene rings is 2. The van der Waals surface area contributed by atoms with Crippen LogP contribution in [0.4, 0.5) is 14.5 Å². The molecule has 2 aromatic carbocycles. The Kier molecular flexibility index (Phi) is 9.08. The molecule has 7 heteroatoms. The van der Waals surface area contributed by atoms with Crippen LogP contribution >= 0.6 is 0 Å². The van der Waals surface area contributed by atoms with Gasteiger partial charge in [-0.25, -0.2) is 0 Å². The molecule has 2 N–H and O–H groups in total. The second kappa shape index (κ2) is 11.8. The van der Waals surface area contributed by atoms with Gasteiger partial charge in [0.05, 0.1) is 0 Å². The largest absolute Gasteiger partial charge is 0.435 e. The average Bonchev–Trinajstić information content (AvgIpc) is 2.67. The molecule has 29 heavy (non-hydrogen) atoms. The number of carbonyl (C=O) groups is 2. The first kappa shape index (κ1) is 22.3. The summed E-state index contributed by atoms with van der Waals surface area (Å²) in [5, 5.41) is 5.52. The number of rotatable bonds is 11. The lowest BCUT2D eigenvalue weighted by Gasteiger charge is -2.13. The number of ether oxygens (including phenoxy) is 1. The Balaban J connectivity index is 1.93. The summed E-state index contributed by atoms with van der Waals surface area (Å²) in [5.41, 5.74) is 2.07. The molecule has 0 heterocycles. The molecule has 5 nitrogen and oxygen atoms in total. The zero-order chi connectivity index (χ0) is 21.1. The molecule has 0 aliphatic heterocycles. The number of unbranched alkanes of at least 4 members (excludes halogenated alkanes) is 2. The lowest BCUT2D eigenvalue weighted by molar-refractivity contribution is -0.119. The first-order chi connectivity index (χ1) is 13.9. The fraction of sp³-hybridized carbons (Fsp3) is 0.364. The second-order valence-electron chi connectivity index (χ2n) is 6.71. The number of carbonyl (C=O) groups excluding carboxylic acids is 2. The van der Waals surface area contributed by atoms with Crippen LogP contribution < -0.4 is 15.4 Å². The summed E-state index contributed by atoms with van der Waals surface area (Å²) in [5.74, 6) is -0.106. The van der Waals surface area contributed by atoms with Crippen molar-refractivity contribution < 1.29 is 23.1 Å². The number of amides is 2. The average molecular weight is 404 g/mol. The van der Waals surface area contributed by atoms with Crippen LogP contribution in [0, 0.1) is 0 Å². The normalized spacial score (nSPS) is 10.6. The van der Waals surface area contributed by atoms with Gasteiger partial charge in [0.25, 0.3) is 0 Å². The van der Waals surface area contributed by atoms with Crippen molar-refractivity contribution in [3.05, 3.63) is 59.7 Å². The van der Waals surface area contributed by atoms with Gasteiger partial charge < -0.3 is 15.4 Å². The Morgan fingerprint density at radius 1 is 1.03 bits per heavy atom. The van der Waals surface area contributed by atoms with E-state index in [9.17, 15) is 18.4 Å². The zero-order valence-electron chi connectivity index (χ0n) is 16.4. The summed E-state index contributed by atoms with van der Waals surface area (Å²) in [6.45, 7) is -0.842. The van der Waals surface area contributed by atoms with Crippen LogP contribution in [0.15, 0.2) is 48.5 Å². The van der Waals surface area contributed by atoms with Gasteiger partial charge in [-0.2, -0.15) is 8.78 Å². The van der Waals surface area contributed by atoms with Gasteiger partial charge in [0.1, 0.15) is 5.75 Å². The number of nitrogens with one attached hydrogen (secondary N) is 2. The third kappa shape index (κ3) is 8.72. The molecule has 0 aliphatic carbocycles. The van der Waals surface area contributed by atoms with Gasteiger partial charge >= 0.3 is 6.61 Å². The van der Waals surface area contributed by atoms with Crippen LogP contribution in [0.1, 0.15) is 43.7 Å². The quantitative estimate of drug-likeness (QED) is 0.542. The predicted octanol–water partition coefficient (Wildman–Crippen LogP) is 4.51. The lowest BCUT2D eigenvalue weighted by Crippen LogP contribution is -2.20. The number of halogens is 2. The van der Waals surface area contributed by atoms with Gasteiger partial charge in [-0.15, -0.1) is 0 Å². The predicted molar refractivity (Wildman–Crippen MR) is 108 cm³/mol. The standard InChI is InChI=1S/C22H26F2N2O3/c1-16(27)25-13-7-3-6-10-21(28)26-19-11-12-20(29-22(23)24)18(15-19)14-17-8-4-2-5-9-17/h2,4-5,8-9,11-12,15,22H,3,6-7,10,13-14H2,1H3,(H,25,27)(H,26,28). The molecule has 156 valence electrons. The maximum Gasteiger partial charge on any atom is 0.387 e. The Hall–Kier alpha value is -2.96. The summed E-state index contributed by atoms with van der Waals surface area (Å²) in [7, 11) is 0. The molecule has 2 aromatic rings. The number of hydrogen-bond donors (Lipinski definition) is 2. The smallest absolute Gasteiger partial charge is 0.387 e. The van der Waals surface area contributed by atoms with Gasteiger partial charge in [0.2, 0.25) is 11.8 Å². The van der Waals surface area contributed by atoms with Crippen molar-refractivity contribution in [3.8, 4) is 5.75 Å². The van der Waals surface area contributed by atoms with E-state index in [0.29, 0.717) is 37.1 Å². The van der Waals surface area contributed by atoms with Gasteiger partial charge in [-0.1, -0.05) is 36.8 Å². The van der Waals surface area contributed by atoms with E-state index >= 15 is 0 Å². The van der Waals surface area contributed by atoms with Crippen molar-refractivity contribution in [2.45, 2.75) is 45.6 Å². The van der Waals surface area contributed by atoms with E-state index in [1.807, 2.05) is 30.3 Å². The zero-order valence-corrected chi connectivity index (χ0v) is 16.4.